The fourth-order valence-electron chi connectivity index (χ4n) is 1.63. The Morgan fingerprint density at radius 1 is 1.42 bits per heavy atom. The normalized spacial score (nSPS) is 12.2. The monoisotopic (exact) mass is 298 g/mol. The van der Waals surface area contributed by atoms with E-state index in [1.807, 2.05) is 6.92 Å². The summed E-state index contributed by atoms with van der Waals surface area (Å²) >= 11 is 11.7. The number of anilines is 1. The summed E-state index contributed by atoms with van der Waals surface area (Å²) < 4.78 is 5.21. The van der Waals surface area contributed by atoms with Crippen LogP contribution < -0.4 is 11.1 Å². The van der Waals surface area contributed by atoms with Gasteiger partial charge in [0.15, 0.2) is 0 Å². The number of benzene rings is 1. The van der Waals surface area contributed by atoms with Crippen molar-refractivity contribution < 1.29 is 9.21 Å². The van der Waals surface area contributed by atoms with Crippen molar-refractivity contribution in [2.45, 2.75) is 13.0 Å². The van der Waals surface area contributed by atoms with Gasteiger partial charge in [0.2, 0.25) is 0 Å². The Morgan fingerprint density at radius 2 is 2.16 bits per heavy atom. The van der Waals surface area contributed by atoms with Crippen molar-refractivity contribution in [3.05, 3.63) is 51.9 Å². The van der Waals surface area contributed by atoms with Gasteiger partial charge in [-0.3, -0.25) is 4.79 Å². The van der Waals surface area contributed by atoms with Gasteiger partial charge in [-0.1, -0.05) is 23.2 Å². The molecule has 0 aliphatic heterocycles. The molecule has 19 heavy (non-hydrogen) atoms. The maximum absolute atomic E-state index is 12.1. The van der Waals surface area contributed by atoms with Gasteiger partial charge in [-0.2, -0.15) is 0 Å². The number of hydrogen-bond acceptors (Lipinski definition) is 3. The van der Waals surface area contributed by atoms with Gasteiger partial charge in [-0.25, -0.2) is 0 Å². The Labute approximate surface area is 120 Å². The van der Waals surface area contributed by atoms with Crippen LogP contribution in [0.3, 0.4) is 0 Å². The average molecular weight is 299 g/mol. The molecule has 2 rings (SSSR count). The SMILES string of the molecule is CC(NC(=O)c1cc(N)c(Cl)c(Cl)c1)c1ccco1. The van der Waals surface area contributed by atoms with Crippen LogP contribution >= 0.6 is 23.2 Å². The van der Waals surface area contributed by atoms with E-state index in [1.165, 1.54) is 12.1 Å². The second kappa shape index (κ2) is 5.55. The van der Waals surface area contributed by atoms with Crippen molar-refractivity contribution >= 4 is 34.8 Å². The molecule has 0 saturated carbocycles. The Balaban J connectivity index is 2.16. The first-order valence-corrected chi connectivity index (χ1v) is 6.33. The first-order chi connectivity index (χ1) is 8.99. The molecule has 6 heteroatoms. The standard InChI is InChI=1S/C13H12Cl2N2O2/c1-7(11-3-2-4-19-11)17-13(18)8-5-9(14)12(15)10(16)6-8/h2-7H,16H2,1H3,(H,17,18). The maximum Gasteiger partial charge on any atom is 0.251 e. The van der Waals surface area contributed by atoms with Crippen molar-refractivity contribution in [3.8, 4) is 0 Å². The number of carbonyl (C=O) groups is 1. The van der Waals surface area contributed by atoms with Crippen LogP contribution in [0, 0.1) is 0 Å². The first kappa shape index (κ1) is 13.8. The van der Waals surface area contributed by atoms with E-state index in [0.717, 1.165) is 0 Å². The van der Waals surface area contributed by atoms with Crippen molar-refractivity contribution in [3.63, 3.8) is 0 Å². The molecule has 0 bridgehead atoms. The topological polar surface area (TPSA) is 68.3 Å². The number of nitrogens with two attached hydrogens (primary N) is 1. The van der Waals surface area contributed by atoms with E-state index in [1.54, 1.807) is 18.4 Å². The highest BCUT2D eigenvalue weighted by atomic mass is 35.5. The largest absolute Gasteiger partial charge is 0.467 e. The average Bonchev–Trinajstić information content (AvgIpc) is 2.89. The highest BCUT2D eigenvalue weighted by molar-refractivity contribution is 6.43. The molecule has 1 amide bonds. The molecule has 1 heterocycles. The zero-order valence-corrected chi connectivity index (χ0v) is 11.6. The van der Waals surface area contributed by atoms with Gasteiger partial charge in [0.25, 0.3) is 5.91 Å². The zero-order valence-electron chi connectivity index (χ0n) is 10.1. The molecule has 1 aromatic heterocycles. The number of rotatable bonds is 3. The number of nitrogen functional groups attached to an aromatic ring is 1. The van der Waals surface area contributed by atoms with Gasteiger partial charge in [-0.15, -0.1) is 0 Å². The minimum Gasteiger partial charge on any atom is -0.467 e. The molecule has 0 saturated heterocycles. The fourth-order valence-corrected chi connectivity index (χ4v) is 1.97. The molecule has 0 spiro atoms. The van der Waals surface area contributed by atoms with Gasteiger partial charge in [-0.05, 0) is 31.2 Å². The third kappa shape index (κ3) is 3.03. The molecule has 100 valence electrons. The molecular formula is C13H12Cl2N2O2. The predicted molar refractivity (Wildman–Crippen MR) is 75.5 cm³/mol. The van der Waals surface area contributed by atoms with Crippen LogP contribution in [0.25, 0.3) is 0 Å². The maximum atomic E-state index is 12.1. The number of amides is 1. The minimum absolute atomic E-state index is 0.247. The van der Waals surface area contributed by atoms with Crippen molar-refractivity contribution in [2.75, 3.05) is 5.73 Å². The molecule has 0 radical (unpaired) electrons. The number of hydrogen-bond donors (Lipinski definition) is 2. The van der Waals surface area contributed by atoms with Crippen LogP contribution in [0.1, 0.15) is 29.1 Å². The molecule has 2 aromatic rings. The predicted octanol–water partition coefficient (Wildman–Crippen LogP) is 3.66. The van der Waals surface area contributed by atoms with Crippen LogP contribution in [0.4, 0.5) is 5.69 Å². The van der Waals surface area contributed by atoms with E-state index in [4.69, 9.17) is 33.4 Å². The quantitative estimate of drug-likeness (QED) is 0.850. The summed E-state index contributed by atoms with van der Waals surface area (Å²) in [5.74, 6) is 0.371. The van der Waals surface area contributed by atoms with Crippen LogP contribution in [0.5, 0.6) is 0 Å². The van der Waals surface area contributed by atoms with Crippen LogP contribution in [0.15, 0.2) is 34.9 Å². The van der Waals surface area contributed by atoms with Gasteiger partial charge < -0.3 is 15.5 Å². The van der Waals surface area contributed by atoms with E-state index >= 15 is 0 Å². The van der Waals surface area contributed by atoms with Gasteiger partial charge >= 0.3 is 0 Å². The Bertz CT molecular complexity index is 574. The van der Waals surface area contributed by atoms with Crippen LogP contribution in [-0.4, -0.2) is 5.91 Å². The molecule has 0 aliphatic carbocycles. The summed E-state index contributed by atoms with van der Waals surface area (Å²) in [4.78, 5) is 12.1. The second-order valence-corrected chi connectivity index (χ2v) is 4.86. The minimum atomic E-state index is -0.297. The molecule has 3 N–H and O–H groups in total. The lowest BCUT2D eigenvalue weighted by Crippen LogP contribution is -2.26. The van der Waals surface area contributed by atoms with Crippen molar-refractivity contribution in [1.82, 2.24) is 5.32 Å². The smallest absolute Gasteiger partial charge is 0.251 e. The van der Waals surface area contributed by atoms with E-state index in [-0.39, 0.29) is 27.7 Å². The number of halogens is 2. The van der Waals surface area contributed by atoms with Gasteiger partial charge in [0.05, 0.1) is 28.0 Å². The molecule has 0 fully saturated rings. The summed E-state index contributed by atoms with van der Waals surface area (Å²) in [5.41, 5.74) is 6.29. The van der Waals surface area contributed by atoms with Gasteiger partial charge in [0, 0.05) is 5.56 Å². The number of nitrogens with one attached hydrogen (secondary N) is 1. The third-order valence-electron chi connectivity index (χ3n) is 2.64. The molecule has 1 aromatic carbocycles. The Kier molecular flexibility index (Phi) is 4.02. The van der Waals surface area contributed by atoms with E-state index in [9.17, 15) is 4.79 Å². The molecule has 1 unspecified atom stereocenters. The Morgan fingerprint density at radius 3 is 2.74 bits per heavy atom. The molecule has 0 aliphatic rings. The lowest BCUT2D eigenvalue weighted by atomic mass is 10.1. The summed E-state index contributed by atoms with van der Waals surface area (Å²) in [6, 6.07) is 6.25. The summed E-state index contributed by atoms with van der Waals surface area (Å²) in [7, 11) is 0. The summed E-state index contributed by atoms with van der Waals surface area (Å²) in [5, 5.41) is 3.28. The molecular weight excluding hydrogens is 287 g/mol. The fraction of sp³-hybridized carbons (Fsp3) is 0.154. The van der Waals surface area contributed by atoms with E-state index in [2.05, 4.69) is 5.32 Å². The highest BCUT2D eigenvalue weighted by Crippen LogP contribution is 2.29. The van der Waals surface area contributed by atoms with Crippen molar-refractivity contribution in [2.24, 2.45) is 0 Å². The third-order valence-corrected chi connectivity index (χ3v) is 3.45. The van der Waals surface area contributed by atoms with Gasteiger partial charge in [0.1, 0.15) is 5.76 Å². The zero-order chi connectivity index (χ0) is 14.0. The van der Waals surface area contributed by atoms with Crippen LogP contribution in [0.2, 0.25) is 10.0 Å². The number of furan rings is 1. The number of carbonyl (C=O) groups excluding carboxylic acids is 1. The Hall–Kier alpha value is -1.65. The molecule has 1 atom stereocenters. The lowest BCUT2D eigenvalue weighted by molar-refractivity contribution is 0.0935. The van der Waals surface area contributed by atoms with E-state index < -0.39 is 0 Å². The lowest BCUT2D eigenvalue weighted by Gasteiger charge is -2.12. The highest BCUT2D eigenvalue weighted by Gasteiger charge is 2.15. The van der Waals surface area contributed by atoms with E-state index in [0.29, 0.717) is 11.3 Å². The summed E-state index contributed by atoms with van der Waals surface area (Å²) in [6.07, 6.45) is 1.55. The summed E-state index contributed by atoms with van der Waals surface area (Å²) in [6.45, 7) is 1.82. The van der Waals surface area contributed by atoms with Crippen molar-refractivity contribution in [1.29, 1.82) is 0 Å². The van der Waals surface area contributed by atoms with Crippen LogP contribution in [-0.2, 0) is 0 Å². The molecule has 4 nitrogen and oxygen atoms in total. The second-order valence-electron chi connectivity index (χ2n) is 4.07. The first-order valence-electron chi connectivity index (χ1n) is 5.58.